The molecule has 0 aromatic rings. The maximum absolute atomic E-state index is 2.41. The normalized spacial score (nSPS) is 25.1. The molecule has 0 aromatic heterocycles. The average molecular weight is 137 g/mol. The molecule has 0 spiro atoms. The van der Waals surface area contributed by atoms with Gasteiger partial charge in [-0.2, -0.15) is 0 Å². The molecule has 0 saturated carbocycles. The first-order chi connectivity index (χ1) is 4.93. The summed E-state index contributed by atoms with van der Waals surface area (Å²) in [6, 6.07) is 0. The van der Waals surface area contributed by atoms with Crippen LogP contribution in [0.15, 0.2) is 12.2 Å². The molecule has 0 fully saturated rings. The van der Waals surface area contributed by atoms with E-state index < -0.39 is 0 Å². The fourth-order valence-corrected chi connectivity index (χ4v) is 1.47. The molecule has 0 heterocycles. The Morgan fingerprint density at radius 1 is 1.50 bits per heavy atom. The van der Waals surface area contributed by atoms with Crippen molar-refractivity contribution >= 4 is 0 Å². The fourth-order valence-electron chi connectivity index (χ4n) is 1.47. The van der Waals surface area contributed by atoms with Gasteiger partial charge in [0, 0.05) is 0 Å². The van der Waals surface area contributed by atoms with E-state index in [-0.39, 0.29) is 0 Å². The zero-order valence-electron chi connectivity index (χ0n) is 6.84. The molecular weight excluding hydrogens is 120 g/mol. The molecule has 0 aliphatic heterocycles. The van der Waals surface area contributed by atoms with E-state index in [9.17, 15) is 0 Å². The van der Waals surface area contributed by atoms with Gasteiger partial charge in [-0.3, -0.25) is 0 Å². The number of rotatable bonds is 3. The maximum Gasteiger partial charge on any atom is -0.0322 e. The molecule has 10 heavy (non-hydrogen) atoms. The van der Waals surface area contributed by atoms with E-state index in [0.717, 1.165) is 5.92 Å². The second-order valence-corrected chi connectivity index (χ2v) is 3.08. The molecule has 0 bridgehead atoms. The minimum Gasteiger partial charge on any atom is -0.0885 e. The highest BCUT2D eigenvalue weighted by Gasteiger charge is 2.07. The number of hydrogen-bond donors (Lipinski definition) is 0. The van der Waals surface area contributed by atoms with E-state index in [2.05, 4.69) is 25.5 Å². The topological polar surface area (TPSA) is 0 Å². The summed E-state index contributed by atoms with van der Waals surface area (Å²) in [7, 11) is 0. The van der Waals surface area contributed by atoms with Crippen LogP contribution in [0.5, 0.6) is 0 Å². The van der Waals surface area contributed by atoms with Crippen molar-refractivity contribution in [1.29, 1.82) is 0 Å². The van der Waals surface area contributed by atoms with Crippen molar-refractivity contribution in [2.24, 2.45) is 5.92 Å². The Labute approximate surface area is 64.3 Å². The molecule has 1 aliphatic carbocycles. The van der Waals surface area contributed by atoms with Crippen LogP contribution in [0, 0.1) is 12.3 Å². The maximum atomic E-state index is 2.41. The van der Waals surface area contributed by atoms with Crippen LogP contribution >= 0.6 is 0 Å². The molecule has 1 unspecified atom stereocenters. The average Bonchev–Trinajstić information content (AvgIpc) is 2.03. The summed E-state index contributed by atoms with van der Waals surface area (Å²) in [6.45, 7) is 2.22. The van der Waals surface area contributed by atoms with Gasteiger partial charge in [-0.25, -0.2) is 0 Å². The standard InChI is InChI=1S/C10H17/c1-2-3-7-10-8-5-4-6-9-10/h3-5,10H,2,6-9H2,1H3. The van der Waals surface area contributed by atoms with Gasteiger partial charge in [0.1, 0.15) is 0 Å². The smallest absolute Gasteiger partial charge is 0.0322 e. The van der Waals surface area contributed by atoms with Crippen LogP contribution < -0.4 is 0 Å². The van der Waals surface area contributed by atoms with Crippen LogP contribution in [0.1, 0.15) is 39.0 Å². The molecular formula is C10H17. The van der Waals surface area contributed by atoms with E-state index in [1.54, 1.807) is 0 Å². The largest absolute Gasteiger partial charge is 0.0885 e. The zero-order valence-corrected chi connectivity index (χ0v) is 6.84. The lowest BCUT2D eigenvalue weighted by atomic mass is 9.90. The van der Waals surface area contributed by atoms with Crippen molar-refractivity contribution in [3.05, 3.63) is 18.6 Å². The van der Waals surface area contributed by atoms with E-state index in [0.29, 0.717) is 0 Å². The lowest BCUT2D eigenvalue weighted by molar-refractivity contribution is 0.469. The molecule has 0 saturated heterocycles. The van der Waals surface area contributed by atoms with Crippen LogP contribution in [0.4, 0.5) is 0 Å². The summed E-state index contributed by atoms with van der Waals surface area (Å²) in [5.41, 5.74) is 0. The molecule has 1 atom stereocenters. The Kier molecular flexibility index (Phi) is 3.56. The first-order valence-corrected chi connectivity index (χ1v) is 4.40. The highest BCUT2D eigenvalue weighted by molar-refractivity contribution is 4.91. The minimum atomic E-state index is 0.963. The van der Waals surface area contributed by atoms with Gasteiger partial charge in [-0.05, 0) is 38.0 Å². The number of hydrogen-bond acceptors (Lipinski definition) is 0. The molecule has 0 aromatic carbocycles. The van der Waals surface area contributed by atoms with Crippen molar-refractivity contribution in [3.63, 3.8) is 0 Å². The van der Waals surface area contributed by atoms with E-state index in [4.69, 9.17) is 0 Å². The van der Waals surface area contributed by atoms with Crippen molar-refractivity contribution < 1.29 is 0 Å². The summed E-state index contributed by atoms with van der Waals surface area (Å²) in [6.07, 6.45) is 13.6. The highest BCUT2D eigenvalue weighted by atomic mass is 14.1. The van der Waals surface area contributed by atoms with Gasteiger partial charge < -0.3 is 0 Å². The second-order valence-electron chi connectivity index (χ2n) is 3.08. The van der Waals surface area contributed by atoms with Gasteiger partial charge in [0.2, 0.25) is 0 Å². The van der Waals surface area contributed by atoms with Gasteiger partial charge in [0.05, 0.1) is 0 Å². The third-order valence-electron chi connectivity index (χ3n) is 2.17. The predicted molar refractivity (Wildman–Crippen MR) is 45.7 cm³/mol. The Hall–Kier alpha value is -0.260. The molecule has 0 nitrogen and oxygen atoms in total. The van der Waals surface area contributed by atoms with E-state index in [1.165, 1.54) is 32.1 Å². The van der Waals surface area contributed by atoms with E-state index in [1.807, 2.05) is 0 Å². The van der Waals surface area contributed by atoms with Crippen molar-refractivity contribution in [3.8, 4) is 0 Å². The Morgan fingerprint density at radius 2 is 2.40 bits per heavy atom. The second kappa shape index (κ2) is 4.54. The SMILES string of the molecule is CC[CH]CC1CC=CCC1. The zero-order chi connectivity index (χ0) is 7.23. The van der Waals surface area contributed by atoms with Crippen molar-refractivity contribution in [1.82, 2.24) is 0 Å². The summed E-state index contributed by atoms with van der Waals surface area (Å²) >= 11 is 0. The molecule has 1 rings (SSSR count). The molecule has 57 valence electrons. The number of unbranched alkanes of at least 4 members (excludes halogenated alkanes) is 1. The molecule has 0 heteroatoms. The summed E-state index contributed by atoms with van der Waals surface area (Å²) in [5, 5.41) is 0. The number of allylic oxidation sites excluding steroid dienone is 2. The van der Waals surface area contributed by atoms with Crippen LogP contribution in [0.2, 0.25) is 0 Å². The monoisotopic (exact) mass is 137 g/mol. The summed E-state index contributed by atoms with van der Waals surface area (Å²) < 4.78 is 0. The Balaban J connectivity index is 2.10. The van der Waals surface area contributed by atoms with Gasteiger partial charge >= 0.3 is 0 Å². The first kappa shape index (κ1) is 7.84. The lowest BCUT2D eigenvalue weighted by Gasteiger charge is -2.16. The quantitative estimate of drug-likeness (QED) is 0.523. The van der Waals surface area contributed by atoms with Gasteiger partial charge in [-0.15, -0.1) is 0 Å². The highest BCUT2D eigenvalue weighted by Crippen LogP contribution is 2.22. The van der Waals surface area contributed by atoms with Crippen LogP contribution in [0.3, 0.4) is 0 Å². The molecule has 0 N–H and O–H groups in total. The van der Waals surface area contributed by atoms with Gasteiger partial charge in [0.25, 0.3) is 0 Å². The lowest BCUT2D eigenvalue weighted by Crippen LogP contribution is -2.01. The van der Waals surface area contributed by atoms with Crippen LogP contribution in [0.25, 0.3) is 0 Å². The third-order valence-corrected chi connectivity index (χ3v) is 2.17. The van der Waals surface area contributed by atoms with Crippen LogP contribution in [-0.2, 0) is 0 Å². The van der Waals surface area contributed by atoms with Crippen molar-refractivity contribution in [2.45, 2.75) is 39.0 Å². The summed E-state index contributed by atoms with van der Waals surface area (Å²) in [5.74, 6) is 0.963. The molecule has 0 amide bonds. The molecule has 1 aliphatic rings. The first-order valence-electron chi connectivity index (χ1n) is 4.40. The minimum absolute atomic E-state index is 0.963. The van der Waals surface area contributed by atoms with Gasteiger partial charge in [0.15, 0.2) is 0 Å². The summed E-state index contributed by atoms with van der Waals surface area (Å²) in [4.78, 5) is 0. The third kappa shape index (κ3) is 2.55. The Morgan fingerprint density at radius 3 is 3.00 bits per heavy atom. The fraction of sp³-hybridized carbons (Fsp3) is 0.700. The Bertz CT molecular complexity index is 103. The molecule has 1 radical (unpaired) electrons. The van der Waals surface area contributed by atoms with Crippen LogP contribution in [-0.4, -0.2) is 0 Å². The van der Waals surface area contributed by atoms with E-state index >= 15 is 0 Å². The predicted octanol–water partition coefficient (Wildman–Crippen LogP) is 3.35. The van der Waals surface area contributed by atoms with Gasteiger partial charge in [-0.1, -0.05) is 25.5 Å². The van der Waals surface area contributed by atoms with Crippen molar-refractivity contribution in [2.75, 3.05) is 0 Å².